The van der Waals surface area contributed by atoms with Crippen LogP contribution in [0.5, 0.6) is 11.5 Å². The van der Waals surface area contributed by atoms with Gasteiger partial charge in [-0.3, -0.25) is 24.1 Å². The van der Waals surface area contributed by atoms with Gasteiger partial charge in [0.25, 0.3) is 11.8 Å². The van der Waals surface area contributed by atoms with Crippen molar-refractivity contribution in [3.8, 4) is 22.6 Å². The van der Waals surface area contributed by atoms with E-state index in [9.17, 15) is 22.8 Å². The Morgan fingerprint density at radius 2 is 1.75 bits per heavy atom. The number of hydrogen-bond donors (Lipinski definition) is 2. The molecule has 40 heavy (non-hydrogen) atoms. The molecule has 0 spiro atoms. The molecule has 0 aliphatic rings. The number of carbonyl (C=O) groups is 2. The van der Waals surface area contributed by atoms with Crippen LogP contribution >= 0.6 is 0 Å². The largest absolute Gasteiger partial charge is 0.453 e. The highest BCUT2D eigenvalue weighted by molar-refractivity contribution is 5.97. The maximum Gasteiger partial charge on any atom is 0.416 e. The first kappa shape index (κ1) is 28.3. The predicted molar refractivity (Wildman–Crippen MR) is 139 cm³/mol. The van der Waals surface area contributed by atoms with Crippen LogP contribution in [-0.2, 0) is 23.2 Å². The van der Waals surface area contributed by atoms with Crippen molar-refractivity contribution in [2.75, 3.05) is 0 Å². The standard InChI is InChI=1S/C28H26F3N5O4/c1-27(2,3)36-24(22(15-34-36)40-20-7-4-6-19(14-20)28(29,30)31)26(38)35-39-16-17-9-11-18(12-10-17)21-8-5-13-33-23(21)25(32)37/h4-15H,16H2,1-3H3,(H2,32,37)(H,35,38). The number of rotatable bonds is 8. The van der Waals surface area contributed by atoms with Crippen LogP contribution in [0.3, 0.4) is 0 Å². The van der Waals surface area contributed by atoms with Crippen LogP contribution in [0.4, 0.5) is 13.2 Å². The van der Waals surface area contributed by atoms with Crippen LogP contribution in [0.1, 0.15) is 52.9 Å². The second kappa shape index (κ2) is 11.2. The topological polar surface area (TPSA) is 121 Å². The molecule has 2 heterocycles. The van der Waals surface area contributed by atoms with E-state index < -0.39 is 29.1 Å². The number of pyridine rings is 1. The Morgan fingerprint density at radius 1 is 1.02 bits per heavy atom. The molecule has 0 aliphatic heterocycles. The number of alkyl halides is 3. The molecule has 0 saturated heterocycles. The Kier molecular flexibility index (Phi) is 7.91. The van der Waals surface area contributed by atoms with Crippen LogP contribution in [-0.4, -0.2) is 26.6 Å². The summed E-state index contributed by atoms with van der Waals surface area (Å²) >= 11 is 0. The maximum absolute atomic E-state index is 13.1. The first-order valence-corrected chi connectivity index (χ1v) is 12.0. The third kappa shape index (κ3) is 6.46. The Morgan fingerprint density at radius 3 is 2.40 bits per heavy atom. The van der Waals surface area contributed by atoms with E-state index in [0.717, 1.165) is 17.7 Å². The minimum Gasteiger partial charge on any atom is -0.453 e. The van der Waals surface area contributed by atoms with Gasteiger partial charge >= 0.3 is 6.18 Å². The van der Waals surface area contributed by atoms with Crippen LogP contribution in [0.25, 0.3) is 11.1 Å². The highest BCUT2D eigenvalue weighted by Gasteiger charge is 2.31. The lowest BCUT2D eigenvalue weighted by atomic mass is 10.0. The van der Waals surface area contributed by atoms with Gasteiger partial charge in [0.15, 0.2) is 11.4 Å². The van der Waals surface area contributed by atoms with Gasteiger partial charge in [0.2, 0.25) is 0 Å². The van der Waals surface area contributed by atoms with Gasteiger partial charge in [0.05, 0.1) is 23.9 Å². The lowest BCUT2D eigenvalue weighted by Gasteiger charge is -2.22. The number of amides is 2. The fraction of sp³-hybridized carbons (Fsp3) is 0.214. The van der Waals surface area contributed by atoms with Crippen LogP contribution < -0.4 is 16.0 Å². The number of ether oxygens (including phenoxy) is 1. The van der Waals surface area contributed by atoms with Gasteiger partial charge in [0, 0.05) is 11.8 Å². The molecule has 12 heteroatoms. The summed E-state index contributed by atoms with van der Waals surface area (Å²) in [7, 11) is 0. The minimum absolute atomic E-state index is 0.00475. The van der Waals surface area contributed by atoms with Crippen molar-refractivity contribution in [1.82, 2.24) is 20.2 Å². The molecule has 2 aromatic carbocycles. The smallest absolute Gasteiger partial charge is 0.416 e. The van der Waals surface area contributed by atoms with Gasteiger partial charge in [-0.2, -0.15) is 18.3 Å². The maximum atomic E-state index is 13.1. The number of hydrogen-bond acceptors (Lipinski definition) is 6. The molecule has 0 unspecified atom stereocenters. The van der Waals surface area contributed by atoms with Crippen molar-refractivity contribution in [3.63, 3.8) is 0 Å². The molecule has 4 aromatic rings. The second-order valence-electron chi connectivity index (χ2n) is 9.75. The van der Waals surface area contributed by atoms with E-state index in [2.05, 4.69) is 15.6 Å². The van der Waals surface area contributed by atoms with Crippen molar-refractivity contribution < 1.29 is 32.3 Å². The minimum atomic E-state index is -4.55. The van der Waals surface area contributed by atoms with E-state index in [4.69, 9.17) is 15.3 Å². The fourth-order valence-corrected chi connectivity index (χ4v) is 3.84. The molecule has 4 rings (SSSR count). The third-order valence-electron chi connectivity index (χ3n) is 5.69. The first-order chi connectivity index (χ1) is 18.8. The molecule has 0 atom stereocenters. The van der Waals surface area contributed by atoms with Crippen molar-refractivity contribution in [2.45, 2.75) is 39.1 Å². The Bertz CT molecular complexity index is 1530. The quantitative estimate of drug-likeness (QED) is 0.279. The molecular weight excluding hydrogens is 527 g/mol. The number of hydroxylamine groups is 1. The molecule has 0 bridgehead atoms. The number of aromatic nitrogens is 3. The summed E-state index contributed by atoms with van der Waals surface area (Å²) in [6, 6.07) is 14.8. The normalized spacial score (nSPS) is 11.8. The number of nitrogens with two attached hydrogens (primary N) is 1. The Labute approximate surface area is 227 Å². The van der Waals surface area contributed by atoms with Crippen molar-refractivity contribution in [3.05, 3.63) is 95.6 Å². The van der Waals surface area contributed by atoms with Gasteiger partial charge in [-0.25, -0.2) is 5.48 Å². The number of nitrogens with one attached hydrogen (secondary N) is 1. The third-order valence-corrected chi connectivity index (χ3v) is 5.69. The number of nitrogens with zero attached hydrogens (tertiary/aromatic N) is 3. The van der Waals surface area contributed by atoms with E-state index >= 15 is 0 Å². The lowest BCUT2D eigenvalue weighted by molar-refractivity contribution is -0.137. The summed E-state index contributed by atoms with van der Waals surface area (Å²) in [5, 5.41) is 4.22. The SMILES string of the molecule is CC(C)(C)n1ncc(Oc2cccc(C(F)(F)F)c2)c1C(=O)NOCc1ccc(-c2cccnc2C(N)=O)cc1. The zero-order chi connectivity index (χ0) is 29.1. The summed E-state index contributed by atoms with van der Waals surface area (Å²) in [4.78, 5) is 34.3. The number of halogens is 3. The molecular formula is C28H26F3N5O4. The van der Waals surface area contributed by atoms with E-state index in [0.29, 0.717) is 11.1 Å². The van der Waals surface area contributed by atoms with Crippen molar-refractivity contribution in [1.29, 1.82) is 0 Å². The summed E-state index contributed by atoms with van der Waals surface area (Å²) in [5.41, 5.74) is 8.34. The number of primary amides is 1. The molecule has 2 amide bonds. The average molecular weight is 554 g/mol. The van der Waals surface area contributed by atoms with Crippen LogP contribution in [0.15, 0.2) is 73.1 Å². The number of benzene rings is 2. The highest BCUT2D eigenvalue weighted by atomic mass is 19.4. The van der Waals surface area contributed by atoms with Gasteiger partial charge < -0.3 is 10.5 Å². The van der Waals surface area contributed by atoms with Gasteiger partial charge in [-0.1, -0.05) is 36.4 Å². The summed E-state index contributed by atoms with van der Waals surface area (Å²) < 4.78 is 46.5. The highest BCUT2D eigenvalue weighted by Crippen LogP contribution is 2.34. The summed E-state index contributed by atoms with van der Waals surface area (Å²) in [6.07, 6.45) is -1.81. The first-order valence-electron chi connectivity index (χ1n) is 12.0. The Hall–Kier alpha value is -4.71. The second-order valence-corrected chi connectivity index (χ2v) is 9.75. The number of carbonyl (C=O) groups excluding carboxylic acids is 2. The lowest BCUT2D eigenvalue weighted by Crippen LogP contribution is -2.32. The molecule has 208 valence electrons. The average Bonchev–Trinajstić information content (AvgIpc) is 3.33. The van der Waals surface area contributed by atoms with Crippen molar-refractivity contribution in [2.24, 2.45) is 5.73 Å². The van der Waals surface area contributed by atoms with Gasteiger partial charge in [0.1, 0.15) is 11.4 Å². The molecule has 0 saturated carbocycles. The van der Waals surface area contributed by atoms with Gasteiger partial charge in [-0.15, -0.1) is 0 Å². The van der Waals surface area contributed by atoms with E-state index in [1.165, 1.54) is 29.2 Å². The van der Waals surface area contributed by atoms with E-state index in [1.54, 1.807) is 57.2 Å². The molecule has 0 radical (unpaired) electrons. The molecule has 2 aromatic heterocycles. The van der Waals surface area contributed by atoms with Gasteiger partial charge in [-0.05, 0) is 56.2 Å². The van der Waals surface area contributed by atoms with Crippen LogP contribution in [0.2, 0.25) is 0 Å². The van der Waals surface area contributed by atoms with Crippen molar-refractivity contribution >= 4 is 11.8 Å². The zero-order valence-corrected chi connectivity index (χ0v) is 21.8. The molecule has 0 fully saturated rings. The molecule has 3 N–H and O–H groups in total. The summed E-state index contributed by atoms with van der Waals surface area (Å²) in [6.45, 7) is 5.41. The fourth-order valence-electron chi connectivity index (χ4n) is 3.84. The molecule has 0 aliphatic carbocycles. The van der Waals surface area contributed by atoms with E-state index in [1.807, 2.05) is 0 Å². The summed E-state index contributed by atoms with van der Waals surface area (Å²) in [5.74, 6) is -1.49. The van der Waals surface area contributed by atoms with Crippen LogP contribution in [0, 0.1) is 0 Å². The predicted octanol–water partition coefficient (Wildman–Crippen LogP) is 5.47. The Balaban J connectivity index is 1.48. The molecule has 9 nitrogen and oxygen atoms in total. The zero-order valence-electron chi connectivity index (χ0n) is 21.8. The monoisotopic (exact) mass is 553 g/mol. The van der Waals surface area contributed by atoms with E-state index in [-0.39, 0.29) is 29.5 Å².